The number of piperazine rings is 1. The summed E-state index contributed by atoms with van der Waals surface area (Å²) in [6.07, 6.45) is 7.42. The third-order valence-electron chi connectivity index (χ3n) is 13.6. The molecule has 348 valence electrons. The molecular weight excluding hydrogens is 856 g/mol. The van der Waals surface area contributed by atoms with E-state index in [1.54, 1.807) is 31.4 Å². The molecule has 3 saturated heterocycles. The van der Waals surface area contributed by atoms with Crippen LogP contribution in [0.3, 0.4) is 0 Å². The van der Waals surface area contributed by atoms with Crippen molar-refractivity contribution >= 4 is 70.0 Å². The first kappa shape index (κ1) is 45.2. The lowest BCUT2D eigenvalue weighted by molar-refractivity contribution is -0.136. The number of anilines is 5. The number of aromatic nitrogens is 3. The van der Waals surface area contributed by atoms with Crippen molar-refractivity contribution < 1.29 is 28.4 Å². The second-order valence-electron chi connectivity index (χ2n) is 18.1. The summed E-state index contributed by atoms with van der Waals surface area (Å²) >= 11 is 0. The number of benzene rings is 3. The molecule has 3 fully saturated rings. The van der Waals surface area contributed by atoms with Crippen molar-refractivity contribution in [3.63, 3.8) is 0 Å². The summed E-state index contributed by atoms with van der Waals surface area (Å²) < 4.78 is 25.3. The Morgan fingerprint density at radius 1 is 0.864 bits per heavy atom. The van der Waals surface area contributed by atoms with Crippen molar-refractivity contribution in [3.8, 4) is 11.5 Å². The predicted molar refractivity (Wildman–Crippen MR) is 259 cm³/mol. The number of nitrogens with zero attached hydrogens (tertiary/aromatic N) is 6. The van der Waals surface area contributed by atoms with Crippen LogP contribution in [0.5, 0.6) is 11.5 Å². The molecule has 4 N–H and O–H groups in total. The number of para-hydroxylation sites is 1. The fourth-order valence-electron chi connectivity index (χ4n) is 9.98. The van der Waals surface area contributed by atoms with Gasteiger partial charge in [0.05, 0.1) is 37.0 Å². The topological polar surface area (TPSA) is 177 Å². The van der Waals surface area contributed by atoms with Crippen LogP contribution in [0.1, 0.15) is 66.9 Å². The Labute approximate surface area is 386 Å². The van der Waals surface area contributed by atoms with Gasteiger partial charge in [-0.25, -0.2) is 0 Å². The highest BCUT2D eigenvalue weighted by Crippen LogP contribution is 2.40. The number of hydrogen-bond donors (Lipinski definition) is 4. The number of aryl methyl sites for hydroxylation is 1. The lowest BCUT2D eigenvalue weighted by Gasteiger charge is -2.43. The molecule has 17 heteroatoms. The minimum Gasteiger partial charge on any atom is -0.494 e. The fraction of sp³-hybridized carbons (Fsp3) is 0.449. The zero-order valence-corrected chi connectivity index (χ0v) is 39.3. The lowest BCUT2D eigenvalue weighted by atomic mass is 9.99. The van der Waals surface area contributed by atoms with E-state index in [1.807, 2.05) is 48.7 Å². The fourth-order valence-corrected chi connectivity index (χ4v) is 11.1. The van der Waals surface area contributed by atoms with E-state index in [9.17, 15) is 18.9 Å². The number of hydrogen-bond acceptors (Lipinski definition) is 13. The summed E-state index contributed by atoms with van der Waals surface area (Å²) in [5, 5.41) is 10.9. The van der Waals surface area contributed by atoms with E-state index in [0.29, 0.717) is 54.3 Å². The molecule has 2 aromatic heterocycles. The van der Waals surface area contributed by atoms with Crippen molar-refractivity contribution in [1.29, 1.82) is 0 Å². The Hall–Kier alpha value is -5.96. The van der Waals surface area contributed by atoms with Gasteiger partial charge in [-0.2, -0.15) is 9.97 Å². The Bertz CT molecular complexity index is 2650. The van der Waals surface area contributed by atoms with Crippen LogP contribution in [0.2, 0.25) is 0 Å². The highest BCUT2D eigenvalue weighted by Gasteiger charge is 2.40. The van der Waals surface area contributed by atoms with Gasteiger partial charge in [0.1, 0.15) is 36.1 Å². The Morgan fingerprint density at radius 2 is 1.67 bits per heavy atom. The van der Waals surface area contributed by atoms with Crippen molar-refractivity contribution in [2.24, 2.45) is 0 Å². The van der Waals surface area contributed by atoms with Gasteiger partial charge in [-0.3, -0.25) is 24.6 Å². The van der Waals surface area contributed by atoms with E-state index in [4.69, 9.17) is 19.4 Å². The molecule has 0 saturated carbocycles. The molecule has 9 rings (SSSR count). The highest BCUT2D eigenvalue weighted by molar-refractivity contribution is 7.70. The van der Waals surface area contributed by atoms with Gasteiger partial charge in [-0.15, -0.1) is 0 Å². The molecule has 6 heterocycles. The van der Waals surface area contributed by atoms with Crippen LogP contribution in [0, 0.1) is 0 Å². The maximum absolute atomic E-state index is 13.2. The molecule has 3 amide bonds. The summed E-state index contributed by atoms with van der Waals surface area (Å²) in [5.41, 5.74) is 6.05. The number of carbonyl (C=O) groups excluding carboxylic acids is 3. The van der Waals surface area contributed by atoms with Gasteiger partial charge in [-0.05, 0) is 100 Å². The number of amides is 3. The van der Waals surface area contributed by atoms with Crippen LogP contribution in [-0.4, -0.2) is 132 Å². The number of carbonyl (C=O) groups is 3. The number of imide groups is 1. The third-order valence-corrected chi connectivity index (χ3v) is 15.1. The number of piperidine rings is 2. The zero-order valence-electron chi connectivity index (χ0n) is 38.4. The normalized spacial score (nSPS) is 18.7. The SMILES string of the molecule is CCc1cc(Nc2nc(Nc3ccccc3P(C)(C)=O)c3cc[nH]c3n2)c(OC)cc1N1CCC(N2CCN(CCCCOc3cccc4c3CN(C3CCC(=O)NC3=O)C4=O)CC2)CC1. The van der Waals surface area contributed by atoms with Gasteiger partial charge in [0.25, 0.3) is 5.91 Å². The monoisotopic (exact) mass is 916 g/mol. The molecule has 0 bridgehead atoms. The number of nitrogens with one attached hydrogen (secondary N) is 4. The molecule has 0 radical (unpaired) electrons. The third kappa shape index (κ3) is 9.63. The van der Waals surface area contributed by atoms with Crippen molar-refractivity contribution in [2.45, 2.75) is 70.5 Å². The molecule has 1 unspecified atom stereocenters. The van der Waals surface area contributed by atoms with Crippen molar-refractivity contribution in [3.05, 3.63) is 83.6 Å². The molecule has 5 aromatic rings. The molecule has 16 nitrogen and oxygen atoms in total. The standard InChI is InChI=1S/C49H61N10O6P/c1-5-32-29-38(52-49-54-45-35(17-20-50-45)46(55-49)51-37-12-6-7-14-43(37)66(3,4)63)42(64-2)30-40(32)58-22-18-33(19-23-58)57-26-24-56(25-27-57)21-8-9-28-65-41-13-10-11-34-36(41)31-59(48(34)62)39-15-16-44(60)53-47(39)61/h6-7,10-14,17,20,29-30,33,39H,5,8-9,15-16,18-19,21-28,31H2,1-4H3,(H,53,60,61)(H3,50,51,52,54,55). The number of ether oxygens (including phenoxy) is 2. The van der Waals surface area contributed by atoms with Crippen LogP contribution in [-0.2, 0) is 27.1 Å². The second-order valence-corrected chi connectivity index (χ2v) is 21.3. The first-order valence-electron chi connectivity index (χ1n) is 23.3. The minimum absolute atomic E-state index is 0.186. The van der Waals surface area contributed by atoms with E-state index < -0.39 is 19.1 Å². The largest absolute Gasteiger partial charge is 0.494 e. The molecule has 1 atom stereocenters. The summed E-state index contributed by atoms with van der Waals surface area (Å²) in [6.45, 7) is 13.8. The first-order chi connectivity index (χ1) is 32.0. The van der Waals surface area contributed by atoms with Crippen molar-refractivity contribution in [1.82, 2.24) is 35.0 Å². The van der Waals surface area contributed by atoms with Crippen LogP contribution in [0.25, 0.3) is 11.0 Å². The number of H-pyrrole nitrogens is 1. The predicted octanol–water partition coefficient (Wildman–Crippen LogP) is 6.47. The average Bonchev–Trinajstić information content (AvgIpc) is 3.93. The molecule has 66 heavy (non-hydrogen) atoms. The summed E-state index contributed by atoms with van der Waals surface area (Å²) in [7, 11) is -0.853. The van der Waals surface area contributed by atoms with Crippen LogP contribution >= 0.6 is 7.14 Å². The van der Waals surface area contributed by atoms with Gasteiger partial charge in [0, 0.05) is 86.1 Å². The Kier molecular flexibility index (Phi) is 13.3. The van der Waals surface area contributed by atoms with Gasteiger partial charge < -0.3 is 44.4 Å². The number of unbranched alkanes of at least 4 members (excludes halogenated alkanes) is 1. The first-order valence-corrected chi connectivity index (χ1v) is 25.9. The van der Waals surface area contributed by atoms with Gasteiger partial charge in [0.15, 0.2) is 0 Å². The maximum Gasteiger partial charge on any atom is 0.255 e. The van der Waals surface area contributed by atoms with Crippen molar-refractivity contribution in [2.75, 3.05) is 88.4 Å². The lowest BCUT2D eigenvalue weighted by Crippen LogP contribution is -2.53. The van der Waals surface area contributed by atoms with Crippen LogP contribution in [0.15, 0.2) is 66.9 Å². The molecule has 0 spiro atoms. The maximum atomic E-state index is 13.2. The zero-order chi connectivity index (χ0) is 46.0. The quantitative estimate of drug-likeness (QED) is 0.0482. The molecule has 4 aliphatic heterocycles. The number of methoxy groups -OCH3 is 1. The Morgan fingerprint density at radius 3 is 2.42 bits per heavy atom. The van der Waals surface area contributed by atoms with Crippen LogP contribution < -0.4 is 35.6 Å². The van der Waals surface area contributed by atoms with E-state index in [2.05, 4.69) is 54.7 Å². The minimum atomic E-state index is -2.55. The summed E-state index contributed by atoms with van der Waals surface area (Å²) in [5.74, 6) is 1.56. The summed E-state index contributed by atoms with van der Waals surface area (Å²) in [6, 6.07) is 19.3. The van der Waals surface area contributed by atoms with E-state index in [0.717, 1.165) is 111 Å². The average molecular weight is 917 g/mol. The molecule has 3 aromatic carbocycles. The van der Waals surface area contributed by atoms with E-state index >= 15 is 0 Å². The molecule has 4 aliphatic rings. The number of aromatic amines is 1. The molecular formula is C49H61N10O6P. The molecule has 0 aliphatic carbocycles. The van der Waals surface area contributed by atoms with E-state index in [1.165, 1.54) is 11.3 Å². The smallest absolute Gasteiger partial charge is 0.255 e. The number of fused-ring (bicyclic) bond motifs is 2. The van der Waals surface area contributed by atoms with Gasteiger partial charge >= 0.3 is 0 Å². The second kappa shape index (κ2) is 19.5. The summed E-state index contributed by atoms with van der Waals surface area (Å²) in [4.78, 5) is 59.6. The highest BCUT2D eigenvalue weighted by atomic mass is 31.2. The van der Waals surface area contributed by atoms with Gasteiger partial charge in [0.2, 0.25) is 17.8 Å². The van der Waals surface area contributed by atoms with Crippen LogP contribution in [0.4, 0.5) is 28.8 Å². The van der Waals surface area contributed by atoms with Gasteiger partial charge in [-0.1, -0.05) is 25.1 Å². The van der Waals surface area contributed by atoms with E-state index in [-0.39, 0.29) is 18.2 Å². The number of rotatable bonds is 16. The Balaban J connectivity index is 0.748.